The van der Waals surface area contributed by atoms with Crippen molar-refractivity contribution in [2.75, 3.05) is 31.6 Å². The summed E-state index contributed by atoms with van der Waals surface area (Å²) in [7, 11) is 0. The number of hydrogen-bond acceptors (Lipinski definition) is 6. The molecule has 1 atom stereocenters. The van der Waals surface area contributed by atoms with E-state index in [1.807, 2.05) is 24.0 Å². The molecule has 7 nitrogen and oxygen atoms in total. The predicted octanol–water partition coefficient (Wildman–Crippen LogP) is 5.05. The molecule has 3 aliphatic rings. The van der Waals surface area contributed by atoms with Crippen molar-refractivity contribution >= 4 is 17.1 Å². The number of amidine groups is 1. The van der Waals surface area contributed by atoms with Crippen LogP contribution in [0.25, 0.3) is 5.57 Å². The maximum atomic E-state index is 14.7. The highest BCUT2D eigenvalue weighted by Gasteiger charge is 2.33. The fraction of sp³-hybridized carbons (Fsp3) is 0.360. The third-order valence-corrected chi connectivity index (χ3v) is 6.40. The lowest BCUT2D eigenvalue weighted by Crippen LogP contribution is -2.44. The highest BCUT2D eigenvalue weighted by molar-refractivity contribution is 6.12. The van der Waals surface area contributed by atoms with Crippen LogP contribution in [0, 0.1) is 18.6 Å². The average Bonchev–Trinajstić information content (AvgIpc) is 3.02. The number of aromatic amines is 1. The van der Waals surface area contributed by atoms with Crippen LogP contribution in [0.4, 0.5) is 27.6 Å². The van der Waals surface area contributed by atoms with Crippen molar-refractivity contribution in [1.82, 2.24) is 15.1 Å². The van der Waals surface area contributed by atoms with Gasteiger partial charge in [-0.05, 0) is 37.6 Å². The van der Waals surface area contributed by atoms with Crippen molar-refractivity contribution in [3.63, 3.8) is 0 Å². The van der Waals surface area contributed by atoms with Gasteiger partial charge in [-0.25, -0.2) is 13.8 Å². The van der Waals surface area contributed by atoms with Gasteiger partial charge in [-0.1, -0.05) is 12.1 Å². The van der Waals surface area contributed by atoms with E-state index in [1.54, 1.807) is 6.92 Å². The van der Waals surface area contributed by atoms with Gasteiger partial charge in [0.05, 0.1) is 42.0 Å². The molecule has 1 aromatic carbocycles. The molecule has 3 heterocycles. The zero-order valence-corrected chi connectivity index (χ0v) is 20.0. The fourth-order valence-corrected chi connectivity index (χ4v) is 4.56. The molecule has 1 fully saturated rings. The van der Waals surface area contributed by atoms with Crippen molar-refractivity contribution in [3.05, 3.63) is 75.9 Å². The summed E-state index contributed by atoms with van der Waals surface area (Å²) >= 11 is 0. The largest absolute Gasteiger partial charge is 0.522 e. The third kappa shape index (κ3) is 5.16. The van der Waals surface area contributed by atoms with E-state index in [2.05, 4.69) is 25.2 Å². The number of fused-ring (bicyclic) bond motifs is 2. The number of aromatic nitrogens is 2. The van der Waals surface area contributed by atoms with Crippen LogP contribution in [0.3, 0.4) is 0 Å². The number of aliphatic imine (C=N–C) groups is 1. The van der Waals surface area contributed by atoms with Crippen LogP contribution < -0.4 is 5.32 Å². The van der Waals surface area contributed by atoms with E-state index in [-0.39, 0.29) is 24.6 Å². The van der Waals surface area contributed by atoms with Crippen molar-refractivity contribution in [2.24, 2.45) is 4.99 Å². The molecule has 0 saturated carbocycles. The van der Waals surface area contributed by atoms with Crippen LogP contribution in [-0.2, 0) is 9.47 Å². The van der Waals surface area contributed by atoms with Crippen LogP contribution in [0.1, 0.15) is 30.3 Å². The van der Waals surface area contributed by atoms with E-state index in [0.29, 0.717) is 41.3 Å². The summed E-state index contributed by atoms with van der Waals surface area (Å²) in [6, 6.07) is 3.61. The van der Waals surface area contributed by atoms with Crippen LogP contribution in [0.5, 0.6) is 0 Å². The first-order valence-corrected chi connectivity index (χ1v) is 11.7. The first-order chi connectivity index (χ1) is 17.6. The van der Waals surface area contributed by atoms with Gasteiger partial charge in [-0.2, -0.15) is 5.10 Å². The van der Waals surface area contributed by atoms with Crippen molar-refractivity contribution < 1.29 is 31.4 Å². The van der Waals surface area contributed by atoms with Crippen molar-refractivity contribution in [3.8, 4) is 0 Å². The number of hydrogen-bond donors (Lipinski definition) is 2. The number of halogens is 5. The fourth-order valence-electron chi connectivity index (χ4n) is 4.56. The van der Waals surface area contributed by atoms with Crippen LogP contribution >= 0.6 is 0 Å². The number of rotatable bonds is 4. The molecule has 2 aliphatic heterocycles. The first kappa shape index (κ1) is 25.2. The van der Waals surface area contributed by atoms with E-state index in [4.69, 9.17) is 4.74 Å². The summed E-state index contributed by atoms with van der Waals surface area (Å²) in [5, 5.41) is 10.4. The number of morpholine rings is 1. The second-order valence-electron chi connectivity index (χ2n) is 8.94. The van der Waals surface area contributed by atoms with E-state index in [1.165, 1.54) is 6.07 Å². The minimum atomic E-state index is -4.73. The van der Waals surface area contributed by atoms with Crippen molar-refractivity contribution in [2.45, 2.75) is 32.7 Å². The Morgan fingerprint density at radius 3 is 2.68 bits per heavy atom. The molecular formula is C25H24F5N5O2. The number of allylic oxidation sites excluding steroid dienone is 4. The van der Waals surface area contributed by atoms with E-state index in [0.717, 1.165) is 23.4 Å². The molecular weight excluding hydrogens is 497 g/mol. The van der Waals surface area contributed by atoms with Crippen LogP contribution in [0.2, 0.25) is 0 Å². The summed E-state index contributed by atoms with van der Waals surface area (Å²) < 4.78 is 76.5. The molecule has 0 spiro atoms. The Kier molecular flexibility index (Phi) is 6.63. The summed E-state index contributed by atoms with van der Waals surface area (Å²) in [6.45, 7) is 3.93. The number of nitrogens with zero attached hydrogens (tertiary/aromatic N) is 3. The zero-order valence-electron chi connectivity index (χ0n) is 20.0. The Morgan fingerprint density at radius 1 is 1.19 bits per heavy atom. The lowest BCUT2D eigenvalue weighted by atomic mass is 10.0. The second kappa shape index (κ2) is 9.75. The Hall–Kier alpha value is -3.51. The molecule has 0 radical (unpaired) electrons. The monoisotopic (exact) mass is 521 g/mol. The zero-order chi connectivity index (χ0) is 26.3. The number of aryl methyl sites for hydroxylation is 1. The van der Waals surface area contributed by atoms with E-state index >= 15 is 0 Å². The number of benzene rings is 1. The lowest BCUT2D eigenvalue weighted by Gasteiger charge is -2.35. The van der Waals surface area contributed by atoms with E-state index in [9.17, 15) is 22.0 Å². The average molecular weight is 521 g/mol. The normalized spacial score (nSPS) is 20.2. The van der Waals surface area contributed by atoms with Gasteiger partial charge in [0.25, 0.3) is 0 Å². The Labute approximate surface area is 209 Å². The Morgan fingerprint density at radius 2 is 1.95 bits per heavy atom. The minimum Gasteiger partial charge on any atom is -0.372 e. The standard InChI is InChI=1S/C25H24F5N5O2/c1-13-6-7-15(35-8-9-36-16(11-35)12-37-25(28,29)30)10-17-21(13)31-24(20-18(26)4-3-5-19(20)27)32-22-14(2)33-34-23(17)22/h3-6,10,16H,7-9,11-12H2,1-2H3,(H,31,32)(H,33,34)/t16-/m1/s1. The minimum absolute atomic E-state index is 0.00619. The van der Waals surface area contributed by atoms with Gasteiger partial charge in [0.15, 0.2) is 0 Å². The van der Waals surface area contributed by atoms with Gasteiger partial charge in [0.1, 0.15) is 23.2 Å². The molecule has 196 valence electrons. The SMILES string of the molecule is CC1=CCC(N2CCO[C@@H](COC(F)(F)F)C2)=CC2=C1N=C(c1c(F)cccc1F)Nc1c2n[nH]c1C. The topological polar surface area (TPSA) is 74.8 Å². The number of alkyl halides is 3. The Bertz CT molecular complexity index is 1320. The molecule has 1 aliphatic carbocycles. The molecule has 37 heavy (non-hydrogen) atoms. The second-order valence-corrected chi connectivity index (χ2v) is 8.94. The molecule has 12 heteroatoms. The quantitative estimate of drug-likeness (QED) is 0.551. The molecule has 1 aromatic heterocycles. The summed E-state index contributed by atoms with van der Waals surface area (Å²) in [6.07, 6.45) is -1.22. The smallest absolute Gasteiger partial charge is 0.372 e. The number of H-pyrrole nitrogens is 1. The number of nitrogens with one attached hydrogen (secondary N) is 2. The number of anilines is 1. The van der Waals surface area contributed by atoms with Gasteiger partial charge >= 0.3 is 6.36 Å². The molecule has 5 rings (SSSR count). The maximum Gasteiger partial charge on any atom is 0.522 e. The summed E-state index contributed by atoms with van der Waals surface area (Å²) in [4.78, 5) is 6.61. The predicted molar refractivity (Wildman–Crippen MR) is 127 cm³/mol. The molecule has 0 bridgehead atoms. The Balaban J connectivity index is 1.57. The molecule has 2 aromatic rings. The van der Waals surface area contributed by atoms with Crippen molar-refractivity contribution in [1.29, 1.82) is 0 Å². The van der Waals surface area contributed by atoms with Gasteiger partial charge < -0.3 is 15.0 Å². The highest BCUT2D eigenvalue weighted by atomic mass is 19.4. The van der Waals surface area contributed by atoms with Gasteiger partial charge in [-0.15, -0.1) is 13.2 Å². The molecule has 0 amide bonds. The lowest BCUT2D eigenvalue weighted by molar-refractivity contribution is -0.332. The third-order valence-electron chi connectivity index (χ3n) is 6.40. The number of ether oxygens (including phenoxy) is 2. The molecule has 2 N–H and O–H groups in total. The van der Waals surface area contributed by atoms with Crippen LogP contribution in [-0.4, -0.2) is 59.7 Å². The molecule has 0 unspecified atom stereocenters. The van der Waals surface area contributed by atoms with E-state index < -0.39 is 30.7 Å². The van der Waals surface area contributed by atoms with Crippen LogP contribution in [0.15, 0.2) is 52.3 Å². The summed E-state index contributed by atoms with van der Waals surface area (Å²) in [5.41, 5.74) is 4.08. The maximum absolute atomic E-state index is 14.7. The van der Waals surface area contributed by atoms with Gasteiger partial charge in [0, 0.05) is 30.8 Å². The highest BCUT2D eigenvalue weighted by Crippen LogP contribution is 2.38. The van der Waals surface area contributed by atoms with Gasteiger partial charge in [0.2, 0.25) is 0 Å². The molecule has 1 saturated heterocycles. The summed E-state index contributed by atoms with van der Waals surface area (Å²) in [5.74, 6) is -1.51. The first-order valence-electron chi connectivity index (χ1n) is 11.7. The van der Waals surface area contributed by atoms with Gasteiger partial charge in [-0.3, -0.25) is 9.84 Å².